The Morgan fingerprint density at radius 3 is 2.63 bits per heavy atom. The third-order valence-electron chi connectivity index (χ3n) is 6.03. The second-order valence-electron chi connectivity index (χ2n) is 8.25. The maximum atomic E-state index is 13.7. The van der Waals surface area contributed by atoms with Crippen molar-refractivity contribution in [3.63, 3.8) is 0 Å². The van der Waals surface area contributed by atoms with Crippen LogP contribution in [-0.2, 0) is 13.6 Å². The average Bonchev–Trinajstić information content (AvgIpc) is 3.57. The van der Waals surface area contributed by atoms with Gasteiger partial charge in [-0.05, 0) is 36.8 Å². The molecule has 7 nitrogen and oxygen atoms in total. The fourth-order valence-electron chi connectivity index (χ4n) is 4.58. The van der Waals surface area contributed by atoms with E-state index in [1.54, 1.807) is 17.0 Å². The van der Waals surface area contributed by atoms with Crippen LogP contribution in [0.4, 0.5) is 0 Å². The van der Waals surface area contributed by atoms with Gasteiger partial charge in [0, 0.05) is 18.2 Å². The Labute approximate surface area is 204 Å². The SMILES string of the molecule is C=CCOc1ccc(C2c3c(-c4ccccc4)nn(C)c3C(=O)N2Cc2ccco2)cc1OCC. The number of amides is 1. The lowest BCUT2D eigenvalue weighted by Crippen LogP contribution is -2.29. The fraction of sp³-hybridized carbons (Fsp3) is 0.214. The molecule has 0 bridgehead atoms. The minimum atomic E-state index is -0.376. The summed E-state index contributed by atoms with van der Waals surface area (Å²) in [7, 11) is 1.81. The molecule has 0 fully saturated rings. The highest BCUT2D eigenvalue weighted by molar-refractivity contribution is 6.00. The third kappa shape index (κ3) is 4.10. The van der Waals surface area contributed by atoms with E-state index in [1.807, 2.05) is 79.5 Å². The highest BCUT2D eigenvalue weighted by atomic mass is 16.5. The summed E-state index contributed by atoms with van der Waals surface area (Å²) in [6.45, 7) is 6.84. The van der Waals surface area contributed by atoms with E-state index in [-0.39, 0.29) is 11.9 Å². The average molecular weight is 470 g/mol. The van der Waals surface area contributed by atoms with Gasteiger partial charge >= 0.3 is 0 Å². The van der Waals surface area contributed by atoms with Gasteiger partial charge < -0.3 is 18.8 Å². The predicted octanol–water partition coefficient (Wildman–Crippen LogP) is 5.39. The van der Waals surface area contributed by atoms with Crippen LogP contribution in [0.15, 0.2) is 84.0 Å². The van der Waals surface area contributed by atoms with E-state index in [1.165, 1.54) is 0 Å². The smallest absolute Gasteiger partial charge is 0.273 e. The summed E-state index contributed by atoms with van der Waals surface area (Å²) in [5.41, 5.74) is 4.09. The number of ether oxygens (including phenoxy) is 2. The number of nitrogens with zero attached hydrogens (tertiary/aromatic N) is 3. The van der Waals surface area contributed by atoms with Crippen LogP contribution in [0.1, 0.15) is 40.3 Å². The van der Waals surface area contributed by atoms with Gasteiger partial charge in [-0.15, -0.1) is 0 Å². The first-order valence-electron chi connectivity index (χ1n) is 11.6. The molecular formula is C28H27N3O4. The number of rotatable bonds is 9. The van der Waals surface area contributed by atoms with Crippen molar-refractivity contribution < 1.29 is 18.7 Å². The van der Waals surface area contributed by atoms with Gasteiger partial charge in [0.1, 0.15) is 18.1 Å². The molecule has 5 rings (SSSR count). The van der Waals surface area contributed by atoms with E-state index in [0.717, 1.165) is 22.4 Å². The number of fused-ring (bicyclic) bond motifs is 1. The van der Waals surface area contributed by atoms with Crippen molar-refractivity contribution >= 4 is 5.91 Å². The van der Waals surface area contributed by atoms with Gasteiger partial charge in [0.05, 0.1) is 31.2 Å². The first-order chi connectivity index (χ1) is 17.1. The fourth-order valence-corrected chi connectivity index (χ4v) is 4.58. The zero-order valence-electron chi connectivity index (χ0n) is 19.8. The second kappa shape index (κ2) is 9.54. The molecule has 0 N–H and O–H groups in total. The molecule has 35 heavy (non-hydrogen) atoms. The maximum absolute atomic E-state index is 13.7. The molecule has 0 saturated heterocycles. The summed E-state index contributed by atoms with van der Waals surface area (Å²) >= 11 is 0. The number of furan rings is 1. The molecule has 7 heteroatoms. The Balaban J connectivity index is 1.67. The molecule has 1 atom stereocenters. The summed E-state index contributed by atoms with van der Waals surface area (Å²) in [5.74, 6) is 1.87. The van der Waals surface area contributed by atoms with E-state index in [9.17, 15) is 4.79 Å². The van der Waals surface area contributed by atoms with Gasteiger partial charge in [0.2, 0.25) is 0 Å². The quantitative estimate of drug-likeness (QED) is 0.308. The largest absolute Gasteiger partial charge is 0.490 e. The van der Waals surface area contributed by atoms with E-state index in [2.05, 4.69) is 6.58 Å². The molecule has 2 aromatic heterocycles. The molecule has 3 heterocycles. The van der Waals surface area contributed by atoms with Crippen LogP contribution in [0.5, 0.6) is 11.5 Å². The molecule has 1 aliphatic heterocycles. The Morgan fingerprint density at radius 1 is 1.09 bits per heavy atom. The van der Waals surface area contributed by atoms with Crippen LogP contribution < -0.4 is 9.47 Å². The minimum Gasteiger partial charge on any atom is -0.490 e. The predicted molar refractivity (Wildman–Crippen MR) is 132 cm³/mol. The van der Waals surface area contributed by atoms with Crippen molar-refractivity contribution in [2.45, 2.75) is 19.5 Å². The lowest BCUT2D eigenvalue weighted by atomic mass is 9.95. The Hall–Kier alpha value is -4.26. The van der Waals surface area contributed by atoms with Crippen molar-refractivity contribution in [2.24, 2.45) is 7.05 Å². The van der Waals surface area contributed by atoms with Gasteiger partial charge in [-0.3, -0.25) is 9.48 Å². The lowest BCUT2D eigenvalue weighted by Gasteiger charge is -2.26. The molecule has 0 radical (unpaired) electrons. The molecule has 1 amide bonds. The third-order valence-corrected chi connectivity index (χ3v) is 6.03. The minimum absolute atomic E-state index is 0.0940. The van der Waals surface area contributed by atoms with Crippen molar-refractivity contribution in [2.75, 3.05) is 13.2 Å². The maximum Gasteiger partial charge on any atom is 0.273 e. The number of aryl methyl sites for hydroxylation is 1. The van der Waals surface area contributed by atoms with E-state index >= 15 is 0 Å². The van der Waals surface area contributed by atoms with Crippen LogP contribution in [0.2, 0.25) is 0 Å². The summed E-state index contributed by atoms with van der Waals surface area (Å²) in [5, 5.41) is 4.76. The summed E-state index contributed by atoms with van der Waals surface area (Å²) in [6.07, 6.45) is 3.31. The molecule has 1 aliphatic rings. The van der Waals surface area contributed by atoms with Crippen LogP contribution in [-0.4, -0.2) is 33.8 Å². The molecule has 178 valence electrons. The highest BCUT2D eigenvalue weighted by Crippen LogP contribution is 2.45. The number of aromatic nitrogens is 2. The van der Waals surface area contributed by atoms with Gasteiger partial charge in [-0.25, -0.2) is 0 Å². The van der Waals surface area contributed by atoms with Gasteiger partial charge in [-0.2, -0.15) is 5.10 Å². The molecule has 2 aromatic carbocycles. The molecular weight excluding hydrogens is 442 g/mol. The summed E-state index contributed by atoms with van der Waals surface area (Å²) in [6, 6.07) is 19.1. The molecule has 0 spiro atoms. The lowest BCUT2D eigenvalue weighted by molar-refractivity contribution is 0.0712. The van der Waals surface area contributed by atoms with E-state index < -0.39 is 0 Å². The molecule has 1 unspecified atom stereocenters. The number of carbonyl (C=O) groups is 1. The zero-order chi connectivity index (χ0) is 24.4. The van der Waals surface area contributed by atoms with Gasteiger partial charge in [0.15, 0.2) is 11.5 Å². The van der Waals surface area contributed by atoms with Crippen molar-refractivity contribution in [1.82, 2.24) is 14.7 Å². The van der Waals surface area contributed by atoms with Gasteiger partial charge in [0.25, 0.3) is 5.91 Å². The monoisotopic (exact) mass is 469 g/mol. The number of hydrogen-bond acceptors (Lipinski definition) is 5. The summed E-state index contributed by atoms with van der Waals surface area (Å²) < 4.78 is 19.0. The topological polar surface area (TPSA) is 69.7 Å². The van der Waals surface area contributed by atoms with E-state index in [4.69, 9.17) is 19.0 Å². The first-order valence-corrected chi connectivity index (χ1v) is 11.6. The van der Waals surface area contributed by atoms with Crippen molar-refractivity contribution in [3.05, 3.63) is 102 Å². The Morgan fingerprint density at radius 2 is 1.91 bits per heavy atom. The Bertz CT molecular complexity index is 1340. The molecule has 0 saturated carbocycles. The van der Waals surface area contributed by atoms with Crippen molar-refractivity contribution in [3.8, 4) is 22.8 Å². The van der Waals surface area contributed by atoms with E-state index in [0.29, 0.717) is 42.7 Å². The normalized spacial score (nSPS) is 14.7. The summed E-state index contributed by atoms with van der Waals surface area (Å²) in [4.78, 5) is 15.6. The van der Waals surface area contributed by atoms with Crippen LogP contribution in [0.25, 0.3) is 11.3 Å². The zero-order valence-corrected chi connectivity index (χ0v) is 19.8. The number of hydrogen-bond donors (Lipinski definition) is 0. The molecule has 4 aromatic rings. The van der Waals surface area contributed by atoms with Crippen LogP contribution in [0.3, 0.4) is 0 Å². The number of benzene rings is 2. The molecule has 0 aliphatic carbocycles. The van der Waals surface area contributed by atoms with Crippen LogP contribution >= 0.6 is 0 Å². The highest BCUT2D eigenvalue weighted by Gasteiger charge is 2.44. The standard InChI is InChI=1S/C28H27N3O4/c1-4-15-35-22-14-13-20(17-23(22)33-5-2)26-24-25(19-10-7-6-8-11-19)29-30(3)27(24)28(32)31(26)18-21-12-9-16-34-21/h4,6-14,16-17,26H,1,5,15,18H2,2-3H3. The number of carbonyl (C=O) groups excluding carboxylic acids is 1. The van der Waals surface area contributed by atoms with Crippen LogP contribution in [0, 0.1) is 0 Å². The van der Waals surface area contributed by atoms with Crippen molar-refractivity contribution in [1.29, 1.82) is 0 Å². The second-order valence-corrected chi connectivity index (χ2v) is 8.25. The first kappa shape index (κ1) is 22.5. The van der Waals surface area contributed by atoms with Gasteiger partial charge in [-0.1, -0.05) is 49.1 Å². The Kier molecular flexibility index (Phi) is 6.14.